The summed E-state index contributed by atoms with van der Waals surface area (Å²) in [7, 11) is 0. The van der Waals surface area contributed by atoms with E-state index in [1.807, 2.05) is 51.1 Å². The number of ether oxygens (including phenoxy) is 3. The Hall–Kier alpha value is -4.18. The van der Waals surface area contributed by atoms with E-state index in [-0.39, 0.29) is 11.0 Å². The number of oxazole rings is 1. The molecule has 0 fully saturated rings. The Morgan fingerprint density at radius 3 is 2.27 bits per heavy atom. The maximum absolute atomic E-state index is 12.9. The van der Waals surface area contributed by atoms with E-state index in [9.17, 15) is 4.79 Å². The van der Waals surface area contributed by atoms with E-state index < -0.39 is 0 Å². The lowest BCUT2D eigenvalue weighted by atomic mass is 10.1. The van der Waals surface area contributed by atoms with Crippen LogP contribution >= 0.6 is 12.2 Å². The van der Waals surface area contributed by atoms with E-state index in [2.05, 4.69) is 20.6 Å². The van der Waals surface area contributed by atoms with Crippen molar-refractivity contribution in [1.29, 1.82) is 0 Å². The zero-order valence-corrected chi connectivity index (χ0v) is 21.7. The van der Waals surface area contributed by atoms with Crippen LogP contribution in [-0.2, 0) is 6.54 Å². The second kappa shape index (κ2) is 12.2. The lowest BCUT2D eigenvalue weighted by Crippen LogP contribution is -2.38. The van der Waals surface area contributed by atoms with Crippen molar-refractivity contribution >= 4 is 34.5 Å². The molecule has 10 heteroatoms. The van der Waals surface area contributed by atoms with Gasteiger partial charge in [-0.05, 0) is 75.0 Å². The van der Waals surface area contributed by atoms with Gasteiger partial charge in [0.1, 0.15) is 0 Å². The fraction of sp³-hybridized carbons (Fsp3) is 0.259. The lowest BCUT2D eigenvalue weighted by molar-refractivity contribution is 0.0975. The smallest absolute Gasteiger partial charge is 0.257 e. The van der Waals surface area contributed by atoms with E-state index in [0.29, 0.717) is 66.3 Å². The summed E-state index contributed by atoms with van der Waals surface area (Å²) in [6.07, 6.45) is 1.68. The summed E-state index contributed by atoms with van der Waals surface area (Å²) in [5, 5.41) is 5.96. The third-order valence-electron chi connectivity index (χ3n) is 5.22. The Balaban J connectivity index is 1.38. The summed E-state index contributed by atoms with van der Waals surface area (Å²) in [4.78, 5) is 21.5. The fourth-order valence-corrected chi connectivity index (χ4v) is 3.74. The molecule has 2 aromatic heterocycles. The molecule has 0 aliphatic heterocycles. The first-order valence-electron chi connectivity index (χ1n) is 12.0. The Morgan fingerprint density at radius 1 is 0.973 bits per heavy atom. The maximum atomic E-state index is 12.9. The molecule has 2 aromatic carbocycles. The third kappa shape index (κ3) is 6.34. The standard InChI is InChI=1S/C27H28N4O5S/c1-4-33-21-14-19(15-22(34-5-2)23(21)35-6-3)25(32)31-27(37)29-16-17-9-11-18(12-10-17)26-30-24-20(36-26)8-7-13-28-24/h7-15H,4-6,16H2,1-3H3,(H2,29,31,32,37). The van der Waals surface area contributed by atoms with Crippen LogP contribution in [-0.4, -0.2) is 40.8 Å². The molecule has 2 N–H and O–H groups in total. The van der Waals surface area contributed by atoms with Crippen LogP contribution in [0.25, 0.3) is 22.7 Å². The molecular weight excluding hydrogens is 492 g/mol. The topological polar surface area (TPSA) is 108 Å². The van der Waals surface area contributed by atoms with Crippen LogP contribution in [0.5, 0.6) is 17.2 Å². The molecule has 0 saturated carbocycles. The summed E-state index contributed by atoms with van der Waals surface area (Å²) in [6, 6.07) is 14.6. The minimum absolute atomic E-state index is 0.198. The number of pyridine rings is 1. The van der Waals surface area contributed by atoms with Crippen molar-refractivity contribution in [1.82, 2.24) is 20.6 Å². The highest BCUT2D eigenvalue weighted by atomic mass is 32.1. The van der Waals surface area contributed by atoms with Crippen LogP contribution in [0.4, 0.5) is 0 Å². The van der Waals surface area contributed by atoms with Gasteiger partial charge in [0, 0.05) is 23.9 Å². The van der Waals surface area contributed by atoms with Crippen molar-refractivity contribution in [2.24, 2.45) is 0 Å². The van der Waals surface area contributed by atoms with Gasteiger partial charge in [-0.15, -0.1) is 0 Å². The molecule has 0 radical (unpaired) electrons. The van der Waals surface area contributed by atoms with Gasteiger partial charge < -0.3 is 23.9 Å². The van der Waals surface area contributed by atoms with Crippen molar-refractivity contribution < 1.29 is 23.4 Å². The number of nitrogens with one attached hydrogen (secondary N) is 2. The molecule has 192 valence electrons. The highest BCUT2D eigenvalue weighted by Crippen LogP contribution is 2.39. The number of hydrogen-bond donors (Lipinski definition) is 2. The van der Waals surface area contributed by atoms with Gasteiger partial charge in [-0.1, -0.05) is 12.1 Å². The number of aromatic nitrogens is 2. The van der Waals surface area contributed by atoms with Crippen LogP contribution in [0, 0.1) is 0 Å². The predicted octanol–water partition coefficient (Wildman–Crippen LogP) is 4.89. The van der Waals surface area contributed by atoms with Crippen LogP contribution in [0.1, 0.15) is 36.7 Å². The van der Waals surface area contributed by atoms with Crippen LogP contribution in [0.15, 0.2) is 59.1 Å². The Labute approximate surface area is 220 Å². The average molecular weight is 521 g/mol. The Bertz CT molecular complexity index is 1330. The number of carbonyl (C=O) groups excluding carboxylic acids is 1. The van der Waals surface area contributed by atoms with Gasteiger partial charge in [0.05, 0.1) is 19.8 Å². The summed E-state index contributed by atoms with van der Waals surface area (Å²) in [5.74, 6) is 1.47. The fourth-order valence-electron chi connectivity index (χ4n) is 3.58. The highest BCUT2D eigenvalue weighted by Gasteiger charge is 2.19. The Kier molecular flexibility index (Phi) is 8.52. The minimum atomic E-state index is -0.387. The molecule has 1 amide bonds. The highest BCUT2D eigenvalue weighted by molar-refractivity contribution is 7.80. The third-order valence-corrected chi connectivity index (χ3v) is 5.46. The zero-order valence-electron chi connectivity index (χ0n) is 20.9. The molecule has 0 aliphatic rings. The summed E-state index contributed by atoms with van der Waals surface area (Å²) in [6.45, 7) is 7.28. The van der Waals surface area contributed by atoms with E-state index in [1.165, 1.54) is 0 Å². The molecule has 37 heavy (non-hydrogen) atoms. The van der Waals surface area contributed by atoms with Crippen molar-refractivity contribution in [3.63, 3.8) is 0 Å². The first kappa shape index (κ1) is 25.9. The van der Waals surface area contributed by atoms with E-state index >= 15 is 0 Å². The number of hydrogen-bond acceptors (Lipinski definition) is 8. The van der Waals surface area contributed by atoms with Gasteiger partial charge in [0.2, 0.25) is 11.6 Å². The zero-order chi connectivity index (χ0) is 26.2. The summed E-state index contributed by atoms with van der Waals surface area (Å²) < 4.78 is 22.8. The van der Waals surface area contributed by atoms with Crippen molar-refractivity contribution in [3.8, 4) is 28.7 Å². The van der Waals surface area contributed by atoms with Gasteiger partial charge in [0.15, 0.2) is 27.8 Å². The van der Waals surface area contributed by atoms with Gasteiger partial charge in [-0.3, -0.25) is 10.1 Å². The number of benzene rings is 2. The monoisotopic (exact) mass is 520 g/mol. The molecule has 0 aliphatic carbocycles. The second-order valence-electron chi connectivity index (χ2n) is 7.78. The molecule has 0 spiro atoms. The maximum Gasteiger partial charge on any atom is 0.257 e. The van der Waals surface area contributed by atoms with Crippen LogP contribution < -0.4 is 24.8 Å². The van der Waals surface area contributed by atoms with E-state index in [4.69, 9.17) is 30.8 Å². The Morgan fingerprint density at radius 2 is 1.65 bits per heavy atom. The molecule has 0 atom stereocenters. The average Bonchev–Trinajstić information content (AvgIpc) is 3.34. The second-order valence-corrected chi connectivity index (χ2v) is 8.19. The quantitative estimate of drug-likeness (QED) is 0.283. The van der Waals surface area contributed by atoms with Crippen LogP contribution in [0.2, 0.25) is 0 Å². The first-order valence-corrected chi connectivity index (χ1v) is 12.4. The minimum Gasteiger partial charge on any atom is -0.490 e. The molecule has 9 nitrogen and oxygen atoms in total. The molecule has 4 aromatic rings. The van der Waals surface area contributed by atoms with Gasteiger partial charge >= 0.3 is 0 Å². The van der Waals surface area contributed by atoms with E-state index in [0.717, 1.165) is 11.1 Å². The van der Waals surface area contributed by atoms with Crippen molar-refractivity contribution in [2.75, 3.05) is 19.8 Å². The van der Waals surface area contributed by atoms with Gasteiger partial charge in [-0.25, -0.2) is 4.98 Å². The van der Waals surface area contributed by atoms with Crippen molar-refractivity contribution in [3.05, 3.63) is 65.9 Å². The number of thiocarbonyl (C=S) groups is 1. The molecule has 0 unspecified atom stereocenters. The number of fused-ring (bicyclic) bond motifs is 1. The summed E-state index contributed by atoms with van der Waals surface area (Å²) >= 11 is 5.34. The van der Waals surface area contributed by atoms with Gasteiger partial charge in [-0.2, -0.15) is 4.98 Å². The van der Waals surface area contributed by atoms with Crippen molar-refractivity contribution in [2.45, 2.75) is 27.3 Å². The van der Waals surface area contributed by atoms with Crippen LogP contribution in [0.3, 0.4) is 0 Å². The lowest BCUT2D eigenvalue weighted by Gasteiger charge is -2.17. The van der Waals surface area contributed by atoms with E-state index in [1.54, 1.807) is 24.4 Å². The number of rotatable bonds is 10. The number of amides is 1. The molecular formula is C27H28N4O5S. The normalized spacial score (nSPS) is 10.7. The molecule has 0 saturated heterocycles. The molecule has 0 bridgehead atoms. The molecule has 2 heterocycles. The first-order chi connectivity index (χ1) is 18.0. The SMILES string of the molecule is CCOc1cc(C(=O)NC(=S)NCc2ccc(-c3nc4ncccc4o3)cc2)cc(OCC)c1OCC. The van der Waals surface area contributed by atoms with Gasteiger partial charge in [0.25, 0.3) is 5.91 Å². The largest absolute Gasteiger partial charge is 0.490 e. The summed E-state index contributed by atoms with van der Waals surface area (Å²) in [5.41, 5.74) is 3.35. The number of carbonyl (C=O) groups is 1. The predicted molar refractivity (Wildman–Crippen MR) is 144 cm³/mol. The number of nitrogens with zero attached hydrogens (tertiary/aromatic N) is 2. The molecule has 4 rings (SSSR count).